The van der Waals surface area contributed by atoms with Gasteiger partial charge in [-0.25, -0.2) is 0 Å². The fourth-order valence-corrected chi connectivity index (χ4v) is 6.24. The fourth-order valence-electron chi connectivity index (χ4n) is 6.24. The molecule has 0 aromatic carbocycles. The Hall–Kier alpha value is -1.82. The first-order valence-corrected chi connectivity index (χ1v) is 16.1. The number of ether oxygens (including phenoxy) is 7. The molecule has 0 bridgehead atoms. The van der Waals surface area contributed by atoms with Gasteiger partial charge in [-0.3, -0.25) is 9.59 Å². The maximum Gasteiger partial charge on any atom is 0.217 e. The number of amides is 2. The standard InChI is InChI=1S/C28H48N2O21/c1-7(34)29-13-19(40)15(36)9(3-31)47-26(13)51-24-17(38)11(5-33)49-28(22(24)43)50-23-14(30-8(2)35)25(44)46-12(18(23)39)6-45-27-21(42)20(41)16(37)10(4-32)48-27/h9-28,31-33,36-44H,3-6H2,1-2H3,(H,29,34)(H,30,35)/t9-,10-,11-,12-,13-,14-,15-,16-,17+,18+,19-,20+,21-,22-,23-,24+,25+,26+,27-,28+/m1/s1. The van der Waals surface area contributed by atoms with Crippen molar-refractivity contribution in [3.63, 3.8) is 0 Å². The molecular formula is C28H48N2O21. The summed E-state index contributed by atoms with van der Waals surface area (Å²) in [6, 6.07) is -3.07. The number of rotatable bonds is 12. The second-order valence-electron chi connectivity index (χ2n) is 12.7. The molecular weight excluding hydrogens is 700 g/mol. The predicted octanol–water partition coefficient (Wildman–Crippen LogP) is -9.46. The van der Waals surface area contributed by atoms with Crippen LogP contribution >= 0.6 is 0 Å². The molecule has 20 atom stereocenters. The second kappa shape index (κ2) is 18.0. The normalized spacial score (nSPS) is 47.8. The van der Waals surface area contributed by atoms with Crippen molar-refractivity contribution in [3.8, 4) is 0 Å². The van der Waals surface area contributed by atoms with E-state index in [0.29, 0.717) is 0 Å². The van der Waals surface area contributed by atoms with Gasteiger partial charge in [-0.2, -0.15) is 0 Å². The van der Waals surface area contributed by atoms with Gasteiger partial charge in [-0.1, -0.05) is 0 Å². The summed E-state index contributed by atoms with van der Waals surface area (Å²) in [7, 11) is 0. The highest BCUT2D eigenvalue weighted by Gasteiger charge is 2.54. The van der Waals surface area contributed by atoms with Crippen molar-refractivity contribution < 1.29 is 104 Å². The monoisotopic (exact) mass is 748 g/mol. The molecule has 51 heavy (non-hydrogen) atoms. The van der Waals surface area contributed by atoms with E-state index in [1.807, 2.05) is 0 Å². The average molecular weight is 749 g/mol. The lowest BCUT2D eigenvalue weighted by molar-refractivity contribution is -0.367. The largest absolute Gasteiger partial charge is 0.394 e. The van der Waals surface area contributed by atoms with Crippen molar-refractivity contribution >= 4 is 11.8 Å². The Kier molecular flexibility index (Phi) is 14.8. The molecule has 23 nitrogen and oxygen atoms in total. The van der Waals surface area contributed by atoms with E-state index in [1.54, 1.807) is 0 Å². The minimum atomic E-state index is -2.05. The van der Waals surface area contributed by atoms with Crippen molar-refractivity contribution in [1.82, 2.24) is 10.6 Å². The van der Waals surface area contributed by atoms with Gasteiger partial charge in [-0.15, -0.1) is 0 Å². The van der Waals surface area contributed by atoms with E-state index in [1.165, 1.54) is 0 Å². The third kappa shape index (κ3) is 9.29. The van der Waals surface area contributed by atoms with Crippen LogP contribution in [0.25, 0.3) is 0 Å². The van der Waals surface area contributed by atoms with E-state index in [2.05, 4.69) is 10.6 Å². The van der Waals surface area contributed by atoms with Crippen LogP contribution in [0.5, 0.6) is 0 Å². The topological polar surface area (TPSA) is 366 Å². The van der Waals surface area contributed by atoms with E-state index in [9.17, 15) is 70.9 Å². The van der Waals surface area contributed by atoms with Gasteiger partial charge in [-0.05, 0) is 0 Å². The molecule has 0 unspecified atom stereocenters. The molecule has 4 saturated heterocycles. The molecule has 4 fully saturated rings. The number of aliphatic hydroxyl groups is 12. The Labute approximate surface area is 289 Å². The quantitative estimate of drug-likeness (QED) is 0.0881. The third-order valence-corrected chi connectivity index (χ3v) is 8.99. The molecule has 0 aromatic rings. The molecule has 0 aromatic heterocycles. The van der Waals surface area contributed by atoms with Crippen LogP contribution < -0.4 is 10.6 Å². The van der Waals surface area contributed by atoms with Crippen molar-refractivity contribution in [2.45, 2.75) is 137 Å². The summed E-state index contributed by atoms with van der Waals surface area (Å²) >= 11 is 0. The van der Waals surface area contributed by atoms with Crippen molar-refractivity contribution in [2.24, 2.45) is 0 Å². The molecule has 0 spiro atoms. The summed E-state index contributed by atoms with van der Waals surface area (Å²) < 4.78 is 38.8. The molecule has 4 aliphatic heterocycles. The first-order valence-electron chi connectivity index (χ1n) is 16.1. The van der Waals surface area contributed by atoms with Gasteiger partial charge in [0.1, 0.15) is 97.5 Å². The van der Waals surface area contributed by atoms with Gasteiger partial charge in [0.2, 0.25) is 11.8 Å². The van der Waals surface area contributed by atoms with E-state index < -0.39 is 161 Å². The summed E-state index contributed by atoms with van der Waals surface area (Å²) in [4.78, 5) is 23.9. The first-order chi connectivity index (χ1) is 24.0. The predicted molar refractivity (Wildman–Crippen MR) is 157 cm³/mol. The highest BCUT2D eigenvalue weighted by atomic mass is 16.7. The van der Waals surface area contributed by atoms with Crippen LogP contribution in [0.3, 0.4) is 0 Å². The van der Waals surface area contributed by atoms with Gasteiger partial charge in [0, 0.05) is 13.8 Å². The first kappa shape index (κ1) is 41.9. The number of carbonyl (C=O) groups excluding carboxylic acids is 2. The van der Waals surface area contributed by atoms with Gasteiger partial charge < -0.3 is 105 Å². The number of aliphatic hydroxyl groups excluding tert-OH is 12. The maximum absolute atomic E-state index is 12.0. The summed E-state index contributed by atoms with van der Waals surface area (Å²) in [5.74, 6) is -1.43. The lowest BCUT2D eigenvalue weighted by Crippen LogP contribution is -2.69. The zero-order chi connectivity index (χ0) is 37.9. The van der Waals surface area contributed by atoms with Crippen molar-refractivity contribution in [1.29, 1.82) is 0 Å². The van der Waals surface area contributed by atoms with E-state index in [4.69, 9.17) is 33.2 Å². The van der Waals surface area contributed by atoms with Crippen LogP contribution in [0.1, 0.15) is 13.8 Å². The second-order valence-corrected chi connectivity index (χ2v) is 12.7. The van der Waals surface area contributed by atoms with Crippen LogP contribution in [0, 0.1) is 0 Å². The molecule has 23 heteroatoms. The summed E-state index contributed by atoms with van der Waals surface area (Å²) in [6.45, 7) is -1.03. The summed E-state index contributed by atoms with van der Waals surface area (Å²) in [6.07, 6.45) is -31.2. The number of carbonyl (C=O) groups is 2. The van der Waals surface area contributed by atoms with Crippen LogP contribution in [0.15, 0.2) is 0 Å². The highest BCUT2D eigenvalue weighted by molar-refractivity contribution is 5.73. The molecule has 4 rings (SSSR count). The van der Waals surface area contributed by atoms with Gasteiger partial charge >= 0.3 is 0 Å². The molecule has 0 radical (unpaired) electrons. The minimum absolute atomic E-state index is 0.699. The Morgan fingerprint density at radius 3 is 1.55 bits per heavy atom. The Balaban J connectivity index is 1.55. The lowest BCUT2D eigenvalue weighted by Gasteiger charge is -2.49. The molecule has 4 heterocycles. The summed E-state index contributed by atoms with van der Waals surface area (Å²) in [5.41, 5.74) is 0. The van der Waals surface area contributed by atoms with E-state index in [0.717, 1.165) is 13.8 Å². The summed E-state index contributed by atoms with van der Waals surface area (Å²) in [5, 5.41) is 130. The Morgan fingerprint density at radius 1 is 0.510 bits per heavy atom. The Bertz CT molecular complexity index is 1140. The third-order valence-electron chi connectivity index (χ3n) is 8.99. The zero-order valence-electron chi connectivity index (χ0n) is 27.4. The van der Waals surface area contributed by atoms with Crippen LogP contribution in [-0.4, -0.2) is 222 Å². The molecule has 14 N–H and O–H groups in total. The average Bonchev–Trinajstić information content (AvgIpc) is 3.08. The van der Waals surface area contributed by atoms with Crippen LogP contribution in [0.2, 0.25) is 0 Å². The van der Waals surface area contributed by atoms with Crippen molar-refractivity contribution in [3.05, 3.63) is 0 Å². The number of hydrogen-bond donors (Lipinski definition) is 14. The number of nitrogens with one attached hydrogen (secondary N) is 2. The van der Waals surface area contributed by atoms with Crippen LogP contribution in [-0.2, 0) is 42.7 Å². The van der Waals surface area contributed by atoms with Gasteiger partial charge in [0.25, 0.3) is 0 Å². The molecule has 0 saturated carbocycles. The fraction of sp³-hybridized carbons (Fsp3) is 0.929. The zero-order valence-corrected chi connectivity index (χ0v) is 27.4. The number of hydrogen-bond acceptors (Lipinski definition) is 21. The van der Waals surface area contributed by atoms with Crippen LogP contribution in [0.4, 0.5) is 0 Å². The molecule has 0 aliphatic carbocycles. The van der Waals surface area contributed by atoms with Gasteiger partial charge in [0.15, 0.2) is 25.2 Å². The smallest absolute Gasteiger partial charge is 0.217 e. The van der Waals surface area contributed by atoms with E-state index >= 15 is 0 Å². The maximum atomic E-state index is 12.0. The molecule has 2 amide bonds. The minimum Gasteiger partial charge on any atom is -0.394 e. The molecule has 296 valence electrons. The SMILES string of the molecule is CC(=O)N[C@@H]1[C@@H](O[C@@H]2O[C@H](CO)[C@H](O)[C@H](O[C@@H]3O[C@H](CO)[C@@H](O)[C@H](O)[C@H]3NC(C)=O)[C@H]2O)[C@@H](O)[C@@H](CO[C@@H]2O[C@H](CO)[C@@H](O)[C@H](O)[C@H]2O)O[C@@H]1O. The van der Waals surface area contributed by atoms with Crippen molar-refractivity contribution in [2.75, 3.05) is 26.4 Å². The highest BCUT2D eigenvalue weighted by Crippen LogP contribution is 2.33. The molecule has 4 aliphatic rings. The van der Waals surface area contributed by atoms with Gasteiger partial charge in [0.05, 0.1) is 26.4 Å². The van der Waals surface area contributed by atoms with E-state index in [-0.39, 0.29) is 0 Å². The lowest BCUT2D eigenvalue weighted by atomic mass is 9.94. The Morgan fingerprint density at radius 2 is 0.980 bits per heavy atom.